The molecule has 2 fully saturated rings. The highest BCUT2D eigenvalue weighted by molar-refractivity contribution is 7.09. The maximum Gasteiger partial charge on any atom is 0.230 e. The van der Waals surface area contributed by atoms with E-state index in [1.54, 1.807) is 11.3 Å². The van der Waals surface area contributed by atoms with Gasteiger partial charge in [-0.2, -0.15) is 0 Å². The molecule has 6 heteroatoms. The molecule has 4 heterocycles. The van der Waals surface area contributed by atoms with Gasteiger partial charge in [-0.3, -0.25) is 14.7 Å². The Labute approximate surface area is 146 Å². The van der Waals surface area contributed by atoms with Crippen LogP contribution in [-0.2, 0) is 17.9 Å². The van der Waals surface area contributed by atoms with E-state index < -0.39 is 0 Å². The second kappa shape index (κ2) is 6.26. The fourth-order valence-electron chi connectivity index (χ4n) is 3.94. The molecule has 0 saturated carbocycles. The van der Waals surface area contributed by atoms with Gasteiger partial charge < -0.3 is 4.90 Å². The number of pyridine rings is 1. The molecule has 126 valence electrons. The number of carbonyl (C=O) groups is 1. The average Bonchev–Trinajstić information content (AvgIpc) is 3.26. The van der Waals surface area contributed by atoms with E-state index in [9.17, 15) is 4.79 Å². The molecule has 0 radical (unpaired) electrons. The maximum absolute atomic E-state index is 13.0. The molecule has 2 saturated heterocycles. The van der Waals surface area contributed by atoms with Crippen LogP contribution in [0, 0.1) is 12.3 Å². The number of carbonyl (C=O) groups excluding carboxylic acids is 1. The largest absolute Gasteiger partial charge is 0.336 e. The molecule has 2 aliphatic rings. The number of amides is 1. The van der Waals surface area contributed by atoms with Gasteiger partial charge >= 0.3 is 0 Å². The van der Waals surface area contributed by atoms with Gasteiger partial charge in [0, 0.05) is 37.4 Å². The van der Waals surface area contributed by atoms with Crippen LogP contribution in [0.4, 0.5) is 0 Å². The number of likely N-dealkylation sites (tertiary alicyclic amines) is 2. The van der Waals surface area contributed by atoms with E-state index >= 15 is 0 Å². The number of hydrogen-bond acceptors (Lipinski definition) is 5. The molecule has 2 aliphatic heterocycles. The number of rotatable bonds is 4. The van der Waals surface area contributed by atoms with E-state index in [4.69, 9.17) is 0 Å². The highest BCUT2D eigenvalue weighted by atomic mass is 32.1. The van der Waals surface area contributed by atoms with Crippen LogP contribution in [-0.4, -0.2) is 45.3 Å². The van der Waals surface area contributed by atoms with E-state index in [1.807, 2.05) is 24.2 Å². The normalized spacial score (nSPS) is 24.4. The summed E-state index contributed by atoms with van der Waals surface area (Å²) in [5.74, 6) is 0.324. The Morgan fingerprint density at radius 3 is 2.75 bits per heavy atom. The summed E-state index contributed by atoms with van der Waals surface area (Å²) in [6.45, 7) is 6.31. The molecular formula is C18H22N4OS. The summed E-state index contributed by atoms with van der Waals surface area (Å²) in [4.78, 5) is 26.0. The summed E-state index contributed by atoms with van der Waals surface area (Å²) in [7, 11) is 0. The van der Waals surface area contributed by atoms with Crippen molar-refractivity contribution in [1.29, 1.82) is 0 Å². The molecule has 0 unspecified atom stereocenters. The van der Waals surface area contributed by atoms with Crippen LogP contribution < -0.4 is 0 Å². The number of aryl methyl sites for hydroxylation is 1. The molecule has 0 N–H and O–H groups in total. The first-order valence-electron chi connectivity index (χ1n) is 8.46. The first kappa shape index (κ1) is 15.7. The minimum Gasteiger partial charge on any atom is -0.336 e. The van der Waals surface area contributed by atoms with E-state index in [1.165, 1.54) is 5.56 Å². The SMILES string of the molecule is Cc1nc(CN2CC[C@@]3(CCN(Cc4ccncc4)C3)C2=O)cs1. The molecule has 2 aromatic rings. The molecule has 4 rings (SSSR count). The smallest absolute Gasteiger partial charge is 0.230 e. The topological polar surface area (TPSA) is 49.3 Å². The predicted molar refractivity (Wildman–Crippen MR) is 93.4 cm³/mol. The highest BCUT2D eigenvalue weighted by Gasteiger charge is 2.50. The van der Waals surface area contributed by atoms with Crippen LogP contribution in [0.5, 0.6) is 0 Å². The fraction of sp³-hybridized carbons (Fsp3) is 0.500. The Morgan fingerprint density at radius 2 is 2.00 bits per heavy atom. The lowest BCUT2D eigenvalue weighted by Gasteiger charge is -2.23. The summed E-state index contributed by atoms with van der Waals surface area (Å²) in [6, 6.07) is 4.11. The van der Waals surface area contributed by atoms with Crippen molar-refractivity contribution in [2.75, 3.05) is 19.6 Å². The van der Waals surface area contributed by atoms with Crippen LogP contribution in [0.15, 0.2) is 29.9 Å². The van der Waals surface area contributed by atoms with Crippen molar-refractivity contribution < 1.29 is 4.79 Å². The van der Waals surface area contributed by atoms with E-state index in [-0.39, 0.29) is 5.41 Å². The van der Waals surface area contributed by atoms with Crippen molar-refractivity contribution in [2.24, 2.45) is 5.41 Å². The third-order valence-corrected chi connectivity index (χ3v) is 6.03. The van der Waals surface area contributed by atoms with Crippen LogP contribution in [0.25, 0.3) is 0 Å². The Hall–Kier alpha value is -1.79. The minimum atomic E-state index is -0.169. The summed E-state index contributed by atoms with van der Waals surface area (Å²) < 4.78 is 0. The Kier molecular flexibility index (Phi) is 4.10. The van der Waals surface area contributed by atoms with Gasteiger partial charge in [0.2, 0.25) is 5.91 Å². The molecule has 1 spiro atoms. The summed E-state index contributed by atoms with van der Waals surface area (Å²) >= 11 is 1.65. The second-order valence-corrected chi connectivity index (χ2v) is 7.99. The third kappa shape index (κ3) is 2.96. The Balaban J connectivity index is 1.40. The van der Waals surface area contributed by atoms with Gasteiger partial charge in [-0.25, -0.2) is 4.98 Å². The molecule has 0 aliphatic carbocycles. The first-order valence-corrected chi connectivity index (χ1v) is 9.34. The van der Waals surface area contributed by atoms with Crippen LogP contribution in [0.1, 0.15) is 29.1 Å². The van der Waals surface area contributed by atoms with Crippen molar-refractivity contribution in [3.05, 3.63) is 46.2 Å². The fourth-order valence-corrected chi connectivity index (χ4v) is 4.54. The average molecular weight is 342 g/mol. The minimum absolute atomic E-state index is 0.169. The molecule has 0 aromatic carbocycles. The van der Waals surface area contributed by atoms with Gasteiger partial charge in [-0.05, 0) is 44.0 Å². The third-order valence-electron chi connectivity index (χ3n) is 5.21. The molecule has 1 atom stereocenters. The van der Waals surface area contributed by atoms with Crippen molar-refractivity contribution in [1.82, 2.24) is 19.8 Å². The van der Waals surface area contributed by atoms with Crippen molar-refractivity contribution in [2.45, 2.75) is 32.9 Å². The Morgan fingerprint density at radius 1 is 1.21 bits per heavy atom. The number of aromatic nitrogens is 2. The maximum atomic E-state index is 13.0. The van der Waals surface area contributed by atoms with E-state index in [2.05, 4.69) is 32.4 Å². The van der Waals surface area contributed by atoms with Crippen molar-refractivity contribution in [3.8, 4) is 0 Å². The molecule has 2 aromatic heterocycles. The molecule has 5 nitrogen and oxygen atoms in total. The standard InChI is InChI=1S/C18H22N4OS/c1-14-20-16(12-24-14)11-22-9-5-18(17(22)23)4-8-21(13-18)10-15-2-6-19-7-3-15/h2-3,6-7,12H,4-5,8-11,13H2,1H3/t18-/m1/s1. The highest BCUT2D eigenvalue weighted by Crippen LogP contribution is 2.41. The molecule has 1 amide bonds. The zero-order valence-electron chi connectivity index (χ0n) is 13.9. The van der Waals surface area contributed by atoms with Crippen molar-refractivity contribution in [3.63, 3.8) is 0 Å². The lowest BCUT2D eigenvalue weighted by atomic mass is 9.85. The van der Waals surface area contributed by atoms with Crippen LogP contribution >= 0.6 is 11.3 Å². The first-order chi connectivity index (χ1) is 11.6. The van der Waals surface area contributed by atoms with Gasteiger partial charge in [-0.15, -0.1) is 11.3 Å². The number of nitrogens with zero attached hydrogens (tertiary/aromatic N) is 4. The molecular weight excluding hydrogens is 320 g/mol. The molecule has 0 bridgehead atoms. The summed E-state index contributed by atoms with van der Waals surface area (Å²) in [6.07, 6.45) is 5.62. The van der Waals surface area contributed by atoms with E-state index in [0.717, 1.165) is 49.7 Å². The van der Waals surface area contributed by atoms with Crippen LogP contribution in [0.3, 0.4) is 0 Å². The van der Waals surface area contributed by atoms with Gasteiger partial charge in [-0.1, -0.05) is 0 Å². The second-order valence-electron chi connectivity index (χ2n) is 6.93. The zero-order valence-corrected chi connectivity index (χ0v) is 14.8. The van der Waals surface area contributed by atoms with Crippen LogP contribution in [0.2, 0.25) is 0 Å². The van der Waals surface area contributed by atoms with E-state index in [0.29, 0.717) is 12.5 Å². The van der Waals surface area contributed by atoms with Gasteiger partial charge in [0.05, 0.1) is 22.7 Å². The monoisotopic (exact) mass is 342 g/mol. The zero-order chi connectivity index (χ0) is 16.6. The number of thiazole rings is 1. The van der Waals surface area contributed by atoms with Gasteiger partial charge in [0.25, 0.3) is 0 Å². The van der Waals surface area contributed by atoms with Crippen molar-refractivity contribution >= 4 is 17.2 Å². The quantitative estimate of drug-likeness (QED) is 0.856. The Bertz CT molecular complexity index is 732. The van der Waals surface area contributed by atoms with Gasteiger partial charge in [0.1, 0.15) is 0 Å². The number of hydrogen-bond donors (Lipinski definition) is 0. The summed E-state index contributed by atoms with van der Waals surface area (Å²) in [5.41, 5.74) is 2.12. The predicted octanol–water partition coefficient (Wildman–Crippen LogP) is 2.47. The van der Waals surface area contributed by atoms with Gasteiger partial charge in [0.15, 0.2) is 0 Å². The lowest BCUT2D eigenvalue weighted by molar-refractivity contribution is -0.136. The molecule has 24 heavy (non-hydrogen) atoms. The summed E-state index contributed by atoms with van der Waals surface area (Å²) in [5, 5.41) is 3.13. The lowest BCUT2D eigenvalue weighted by Crippen LogP contribution is -2.36.